The van der Waals surface area contributed by atoms with Crippen molar-refractivity contribution in [1.82, 2.24) is 4.98 Å². The Morgan fingerprint density at radius 3 is 2.75 bits per heavy atom. The molecule has 0 spiro atoms. The minimum Gasteiger partial charge on any atom is -0.497 e. The van der Waals surface area contributed by atoms with E-state index in [1.807, 2.05) is 48.5 Å². The molecule has 20 heavy (non-hydrogen) atoms. The Morgan fingerprint density at radius 2 is 1.90 bits per heavy atom. The topological polar surface area (TPSA) is 48.1 Å². The summed E-state index contributed by atoms with van der Waals surface area (Å²) in [5.41, 5.74) is 9.49. The minimum absolute atomic E-state index is 0.196. The van der Waals surface area contributed by atoms with Gasteiger partial charge in [-0.15, -0.1) is 0 Å². The third-order valence-corrected chi connectivity index (χ3v) is 3.47. The van der Waals surface area contributed by atoms with Crippen molar-refractivity contribution in [2.24, 2.45) is 5.73 Å². The van der Waals surface area contributed by atoms with Crippen molar-refractivity contribution in [2.75, 3.05) is 7.11 Å². The van der Waals surface area contributed by atoms with E-state index in [1.54, 1.807) is 13.3 Å². The fraction of sp³-hybridized carbons (Fsp3) is 0.118. The SMILES string of the molecule is COc1cccc(C(N)c2ccnc3ccccc23)c1. The van der Waals surface area contributed by atoms with Crippen molar-refractivity contribution in [1.29, 1.82) is 0 Å². The summed E-state index contributed by atoms with van der Waals surface area (Å²) in [4.78, 5) is 4.37. The largest absolute Gasteiger partial charge is 0.497 e. The standard InChI is InChI=1S/C17H16N2O/c1-20-13-6-4-5-12(11-13)17(18)15-9-10-19-16-8-3-2-7-14(15)16/h2-11,17H,18H2,1H3. The lowest BCUT2D eigenvalue weighted by Crippen LogP contribution is -2.12. The number of nitrogens with zero attached hydrogens (tertiary/aromatic N) is 1. The molecule has 0 aliphatic heterocycles. The van der Waals surface area contributed by atoms with Gasteiger partial charge in [-0.05, 0) is 35.4 Å². The summed E-state index contributed by atoms with van der Waals surface area (Å²) in [7, 11) is 1.66. The maximum Gasteiger partial charge on any atom is 0.119 e. The van der Waals surface area contributed by atoms with Crippen molar-refractivity contribution in [3.05, 3.63) is 71.9 Å². The normalized spacial score (nSPS) is 12.3. The van der Waals surface area contributed by atoms with Gasteiger partial charge in [0.1, 0.15) is 5.75 Å². The fourth-order valence-corrected chi connectivity index (χ4v) is 2.40. The van der Waals surface area contributed by atoms with Gasteiger partial charge in [-0.3, -0.25) is 4.98 Å². The van der Waals surface area contributed by atoms with Crippen molar-refractivity contribution in [3.8, 4) is 5.75 Å². The summed E-state index contributed by atoms with van der Waals surface area (Å²) in [6.45, 7) is 0. The van der Waals surface area contributed by atoms with Crippen molar-refractivity contribution in [3.63, 3.8) is 0 Å². The van der Waals surface area contributed by atoms with Crippen LogP contribution in [0, 0.1) is 0 Å². The van der Waals surface area contributed by atoms with Crippen molar-refractivity contribution in [2.45, 2.75) is 6.04 Å². The summed E-state index contributed by atoms with van der Waals surface area (Å²) < 4.78 is 5.26. The Balaban J connectivity index is 2.10. The van der Waals surface area contributed by atoms with Crippen LogP contribution in [0.15, 0.2) is 60.8 Å². The van der Waals surface area contributed by atoms with Crippen molar-refractivity contribution < 1.29 is 4.74 Å². The van der Waals surface area contributed by atoms with Crippen LogP contribution >= 0.6 is 0 Å². The molecule has 0 saturated heterocycles. The lowest BCUT2D eigenvalue weighted by molar-refractivity contribution is 0.414. The van der Waals surface area contributed by atoms with Gasteiger partial charge < -0.3 is 10.5 Å². The molecule has 0 aliphatic carbocycles. The molecule has 1 aromatic heterocycles. The Kier molecular flexibility index (Phi) is 3.35. The van der Waals surface area contributed by atoms with Crippen LogP contribution in [-0.4, -0.2) is 12.1 Å². The molecule has 1 unspecified atom stereocenters. The third-order valence-electron chi connectivity index (χ3n) is 3.47. The van der Waals surface area contributed by atoms with Crippen LogP contribution in [0.4, 0.5) is 0 Å². The molecule has 0 amide bonds. The Bertz CT molecular complexity index is 734. The molecule has 1 heterocycles. The van der Waals surface area contributed by atoms with E-state index >= 15 is 0 Å². The predicted molar refractivity (Wildman–Crippen MR) is 80.8 cm³/mol. The Morgan fingerprint density at radius 1 is 1.05 bits per heavy atom. The smallest absolute Gasteiger partial charge is 0.119 e. The first-order valence-corrected chi connectivity index (χ1v) is 6.53. The maximum atomic E-state index is 6.42. The number of fused-ring (bicyclic) bond motifs is 1. The summed E-state index contributed by atoms with van der Waals surface area (Å²) in [5.74, 6) is 0.816. The zero-order valence-electron chi connectivity index (χ0n) is 11.3. The number of hydrogen-bond donors (Lipinski definition) is 1. The van der Waals surface area contributed by atoms with Crippen LogP contribution in [-0.2, 0) is 0 Å². The molecule has 0 aliphatic rings. The zero-order valence-corrected chi connectivity index (χ0v) is 11.3. The highest BCUT2D eigenvalue weighted by molar-refractivity contribution is 5.82. The average molecular weight is 264 g/mol. The maximum absolute atomic E-state index is 6.42. The van der Waals surface area contributed by atoms with Gasteiger partial charge in [0.2, 0.25) is 0 Å². The molecule has 0 fully saturated rings. The Labute approximate surface area is 118 Å². The number of aromatic nitrogens is 1. The lowest BCUT2D eigenvalue weighted by Gasteiger charge is -2.15. The van der Waals surface area contributed by atoms with E-state index in [2.05, 4.69) is 11.1 Å². The number of benzene rings is 2. The molecule has 0 saturated carbocycles. The van der Waals surface area contributed by atoms with Crippen molar-refractivity contribution >= 4 is 10.9 Å². The number of pyridine rings is 1. The van der Waals surface area contributed by atoms with Crippen LogP contribution in [0.1, 0.15) is 17.2 Å². The van der Waals surface area contributed by atoms with Crippen LogP contribution in [0.2, 0.25) is 0 Å². The van der Waals surface area contributed by atoms with Crippen LogP contribution < -0.4 is 10.5 Å². The zero-order chi connectivity index (χ0) is 13.9. The first-order valence-electron chi connectivity index (χ1n) is 6.53. The molecule has 2 aromatic carbocycles. The molecule has 3 aromatic rings. The van der Waals surface area contributed by atoms with Gasteiger partial charge in [-0.25, -0.2) is 0 Å². The molecule has 3 nitrogen and oxygen atoms in total. The van der Waals surface area contributed by atoms with E-state index in [1.165, 1.54) is 0 Å². The number of ether oxygens (including phenoxy) is 1. The van der Waals surface area contributed by atoms with Gasteiger partial charge in [0.15, 0.2) is 0 Å². The second-order valence-corrected chi connectivity index (χ2v) is 4.67. The summed E-state index contributed by atoms with van der Waals surface area (Å²) in [5, 5.41) is 1.09. The molecule has 0 bridgehead atoms. The highest BCUT2D eigenvalue weighted by Crippen LogP contribution is 2.27. The third kappa shape index (κ3) is 2.24. The van der Waals surface area contributed by atoms with E-state index in [0.717, 1.165) is 27.8 Å². The molecule has 1 atom stereocenters. The lowest BCUT2D eigenvalue weighted by atomic mass is 9.96. The number of para-hydroxylation sites is 1. The predicted octanol–water partition coefficient (Wildman–Crippen LogP) is 3.29. The molecule has 0 radical (unpaired) electrons. The highest BCUT2D eigenvalue weighted by Gasteiger charge is 2.12. The molecular weight excluding hydrogens is 248 g/mol. The van der Waals surface area contributed by atoms with Gasteiger partial charge in [0.05, 0.1) is 18.7 Å². The van der Waals surface area contributed by atoms with Gasteiger partial charge >= 0.3 is 0 Å². The number of nitrogens with two attached hydrogens (primary N) is 1. The molecule has 3 rings (SSSR count). The second-order valence-electron chi connectivity index (χ2n) is 4.67. The molecular formula is C17H16N2O. The van der Waals surface area contributed by atoms with Crippen LogP contribution in [0.25, 0.3) is 10.9 Å². The van der Waals surface area contributed by atoms with E-state index < -0.39 is 0 Å². The minimum atomic E-state index is -0.196. The van der Waals surface area contributed by atoms with Gasteiger partial charge in [0, 0.05) is 11.6 Å². The highest BCUT2D eigenvalue weighted by atomic mass is 16.5. The Hall–Kier alpha value is -2.39. The summed E-state index contributed by atoms with van der Waals surface area (Å²) in [6, 6.07) is 17.7. The van der Waals surface area contributed by atoms with E-state index in [0.29, 0.717) is 0 Å². The number of rotatable bonds is 3. The number of hydrogen-bond acceptors (Lipinski definition) is 3. The van der Waals surface area contributed by atoms with Crippen LogP contribution in [0.5, 0.6) is 5.75 Å². The first-order chi connectivity index (χ1) is 9.79. The summed E-state index contributed by atoms with van der Waals surface area (Å²) >= 11 is 0. The molecule has 3 heteroatoms. The van der Waals surface area contributed by atoms with Gasteiger partial charge in [0.25, 0.3) is 0 Å². The molecule has 2 N–H and O–H groups in total. The van der Waals surface area contributed by atoms with Gasteiger partial charge in [-0.2, -0.15) is 0 Å². The quantitative estimate of drug-likeness (QED) is 0.789. The summed E-state index contributed by atoms with van der Waals surface area (Å²) in [6.07, 6.45) is 1.80. The van der Waals surface area contributed by atoms with Gasteiger partial charge in [-0.1, -0.05) is 30.3 Å². The monoisotopic (exact) mass is 264 g/mol. The fourth-order valence-electron chi connectivity index (χ4n) is 2.40. The first kappa shape index (κ1) is 12.6. The number of methoxy groups -OCH3 is 1. The van der Waals surface area contributed by atoms with Crippen LogP contribution in [0.3, 0.4) is 0 Å². The van der Waals surface area contributed by atoms with E-state index in [-0.39, 0.29) is 6.04 Å². The second kappa shape index (κ2) is 5.31. The van der Waals surface area contributed by atoms with E-state index in [4.69, 9.17) is 10.5 Å². The molecule has 100 valence electrons. The average Bonchev–Trinajstić information content (AvgIpc) is 2.53. The van der Waals surface area contributed by atoms with E-state index in [9.17, 15) is 0 Å².